The van der Waals surface area contributed by atoms with Crippen molar-refractivity contribution in [1.29, 1.82) is 0 Å². The standard InChI is InChI=1S/C3H6Cl3O4P/c1-9-11(7,8)10-2-3(4,5)6/h2H2,1H3,(H,7,8). The van der Waals surface area contributed by atoms with Crippen LogP contribution in [0.5, 0.6) is 0 Å². The third-order valence-corrected chi connectivity index (χ3v) is 1.87. The first-order valence-electron chi connectivity index (χ1n) is 2.37. The predicted molar refractivity (Wildman–Crippen MR) is 43.1 cm³/mol. The van der Waals surface area contributed by atoms with Gasteiger partial charge in [-0.25, -0.2) is 4.57 Å². The Morgan fingerprint density at radius 3 is 2.27 bits per heavy atom. The van der Waals surface area contributed by atoms with Gasteiger partial charge in [0, 0.05) is 7.11 Å². The van der Waals surface area contributed by atoms with Gasteiger partial charge in [0.15, 0.2) is 0 Å². The summed E-state index contributed by atoms with van der Waals surface area (Å²) >= 11 is 15.6. The summed E-state index contributed by atoms with van der Waals surface area (Å²) in [6, 6.07) is 0. The largest absolute Gasteiger partial charge is 0.472 e. The van der Waals surface area contributed by atoms with Gasteiger partial charge in [-0.15, -0.1) is 0 Å². The molecule has 0 spiro atoms. The average Bonchev–Trinajstić information content (AvgIpc) is 1.83. The number of phosphoric acid groups is 1. The predicted octanol–water partition coefficient (Wildman–Crippen LogP) is 2.12. The van der Waals surface area contributed by atoms with Crippen molar-refractivity contribution in [3.05, 3.63) is 0 Å². The summed E-state index contributed by atoms with van der Waals surface area (Å²) in [6.07, 6.45) is 0. The molecular weight excluding hydrogens is 237 g/mol. The van der Waals surface area contributed by atoms with E-state index in [9.17, 15) is 4.57 Å². The molecule has 0 amide bonds. The maximum Gasteiger partial charge on any atom is 0.472 e. The molecule has 4 nitrogen and oxygen atoms in total. The van der Waals surface area contributed by atoms with Crippen molar-refractivity contribution in [2.45, 2.75) is 3.79 Å². The molecule has 0 heterocycles. The van der Waals surface area contributed by atoms with Crippen molar-refractivity contribution in [2.75, 3.05) is 13.7 Å². The fourth-order valence-corrected chi connectivity index (χ4v) is 1.06. The molecule has 0 bridgehead atoms. The summed E-state index contributed by atoms with van der Waals surface area (Å²) < 4.78 is 17.1. The molecule has 1 atom stereocenters. The second-order valence-electron chi connectivity index (χ2n) is 1.54. The second kappa shape index (κ2) is 4.28. The fraction of sp³-hybridized carbons (Fsp3) is 1.00. The van der Waals surface area contributed by atoms with Crippen LogP contribution in [0.1, 0.15) is 0 Å². The topological polar surface area (TPSA) is 55.8 Å². The highest BCUT2D eigenvalue weighted by molar-refractivity contribution is 7.47. The first kappa shape index (κ1) is 12.0. The molecule has 0 aromatic heterocycles. The van der Waals surface area contributed by atoms with E-state index < -0.39 is 18.2 Å². The minimum absolute atomic E-state index is 0.501. The zero-order valence-corrected chi connectivity index (χ0v) is 8.62. The lowest BCUT2D eigenvalue weighted by Crippen LogP contribution is -2.11. The van der Waals surface area contributed by atoms with Gasteiger partial charge in [0.1, 0.15) is 6.61 Å². The molecule has 0 radical (unpaired) electrons. The average molecular weight is 243 g/mol. The Hall–Kier alpha value is 0.980. The van der Waals surface area contributed by atoms with Crippen LogP contribution < -0.4 is 0 Å². The highest BCUT2D eigenvalue weighted by Gasteiger charge is 2.27. The van der Waals surface area contributed by atoms with Gasteiger partial charge in [-0.3, -0.25) is 9.05 Å². The monoisotopic (exact) mass is 242 g/mol. The second-order valence-corrected chi connectivity index (χ2v) is 5.62. The molecule has 1 unspecified atom stereocenters. The zero-order chi connectivity index (χ0) is 9.12. The lowest BCUT2D eigenvalue weighted by Gasteiger charge is -2.13. The molecule has 8 heteroatoms. The van der Waals surface area contributed by atoms with Gasteiger partial charge in [0.05, 0.1) is 0 Å². The van der Waals surface area contributed by atoms with E-state index in [4.69, 9.17) is 39.7 Å². The molecule has 1 N–H and O–H groups in total. The highest BCUT2D eigenvalue weighted by atomic mass is 35.6. The SMILES string of the molecule is COP(=O)(O)OCC(Cl)(Cl)Cl. The molecule has 0 fully saturated rings. The highest BCUT2D eigenvalue weighted by Crippen LogP contribution is 2.44. The lowest BCUT2D eigenvalue weighted by atomic mass is 10.9. The molecule has 0 rings (SSSR count). The zero-order valence-electron chi connectivity index (χ0n) is 5.46. The van der Waals surface area contributed by atoms with E-state index in [0.29, 0.717) is 0 Å². The molecule has 0 saturated carbocycles. The van der Waals surface area contributed by atoms with Crippen LogP contribution in [0.2, 0.25) is 0 Å². The summed E-state index contributed by atoms with van der Waals surface area (Å²) in [7, 11) is -3.01. The summed E-state index contributed by atoms with van der Waals surface area (Å²) in [6.45, 7) is -0.501. The quantitative estimate of drug-likeness (QED) is 0.609. The van der Waals surface area contributed by atoms with Crippen LogP contribution in [0.4, 0.5) is 0 Å². The van der Waals surface area contributed by atoms with Crippen LogP contribution in [0.25, 0.3) is 0 Å². The summed E-state index contributed by atoms with van der Waals surface area (Å²) in [5.74, 6) is 0. The Labute approximate surface area is 78.9 Å². The van der Waals surface area contributed by atoms with E-state index in [1.807, 2.05) is 0 Å². The van der Waals surface area contributed by atoms with Crippen molar-refractivity contribution in [1.82, 2.24) is 0 Å². The van der Waals surface area contributed by atoms with Gasteiger partial charge < -0.3 is 4.89 Å². The van der Waals surface area contributed by atoms with E-state index in [0.717, 1.165) is 7.11 Å². The van der Waals surface area contributed by atoms with Gasteiger partial charge in [-0.2, -0.15) is 0 Å². The molecule has 0 aliphatic rings. The van der Waals surface area contributed by atoms with E-state index in [2.05, 4.69) is 9.05 Å². The van der Waals surface area contributed by atoms with Crippen molar-refractivity contribution < 1.29 is 18.5 Å². The van der Waals surface area contributed by atoms with E-state index in [-0.39, 0.29) is 0 Å². The third kappa shape index (κ3) is 7.34. The number of phosphoric ester groups is 1. The van der Waals surface area contributed by atoms with Crippen molar-refractivity contribution in [3.8, 4) is 0 Å². The van der Waals surface area contributed by atoms with Crippen LogP contribution in [-0.4, -0.2) is 22.4 Å². The Kier molecular flexibility index (Phi) is 4.66. The van der Waals surface area contributed by atoms with Crippen molar-refractivity contribution in [2.24, 2.45) is 0 Å². The Bertz CT molecular complexity index is 166. The number of halogens is 3. The summed E-state index contributed by atoms with van der Waals surface area (Å²) in [5, 5.41) is 0. The van der Waals surface area contributed by atoms with E-state index >= 15 is 0 Å². The normalized spacial score (nSPS) is 17.9. The number of hydrogen-bond donors (Lipinski definition) is 1. The molecule has 0 aliphatic heterocycles. The van der Waals surface area contributed by atoms with Gasteiger partial charge in [0.2, 0.25) is 3.79 Å². The van der Waals surface area contributed by atoms with Crippen LogP contribution >= 0.6 is 42.6 Å². The molecule has 0 aromatic rings. The smallest absolute Gasteiger partial charge is 0.303 e. The Morgan fingerprint density at radius 1 is 1.55 bits per heavy atom. The first-order chi connectivity index (χ1) is 4.77. The van der Waals surface area contributed by atoms with Gasteiger partial charge in [-0.1, -0.05) is 34.8 Å². The maximum atomic E-state index is 10.6. The number of rotatable bonds is 3. The van der Waals surface area contributed by atoms with Crippen LogP contribution in [0, 0.1) is 0 Å². The Morgan fingerprint density at radius 2 is 2.00 bits per heavy atom. The van der Waals surface area contributed by atoms with Crippen LogP contribution in [-0.2, 0) is 13.6 Å². The van der Waals surface area contributed by atoms with E-state index in [1.165, 1.54) is 0 Å². The van der Waals surface area contributed by atoms with E-state index in [1.54, 1.807) is 0 Å². The van der Waals surface area contributed by atoms with Crippen molar-refractivity contribution in [3.63, 3.8) is 0 Å². The minimum Gasteiger partial charge on any atom is -0.303 e. The van der Waals surface area contributed by atoms with Crippen molar-refractivity contribution >= 4 is 42.6 Å². The van der Waals surface area contributed by atoms with Crippen LogP contribution in [0.3, 0.4) is 0 Å². The first-order valence-corrected chi connectivity index (χ1v) is 4.99. The summed E-state index contributed by atoms with van der Waals surface area (Å²) in [4.78, 5) is 8.62. The Balaban J connectivity index is 3.80. The summed E-state index contributed by atoms with van der Waals surface area (Å²) in [5.41, 5.74) is 0. The minimum atomic E-state index is -4.02. The maximum absolute atomic E-state index is 10.6. The molecule has 0 aliphatic carbocycles. The lowest BCUT2D eigenvalue weighted by molar-refractivity contribution is 0.176. The molecule has 11 heavy (non-hydrogen) atoms. The van der Waals surface area contributed by atoms with Gasteiger partial charge in [0.25, 0.3) is 0 Å². The number of alkyl halides is 3. The third-order valence-electron chi connectivity index (χ3n) is 0.622. The molecule has 0 aromatic carbocycles. The van der Waals surface area contributed by atoms with Gasteiger partial charge in [-0.05, 0) is 0 Å². The van der Waals surface area contributed by atoms with Gasteiger partial charge >= 0.3 is 7.82 Å². The van der Waals surface area contributed by atoms with Crippen LogP contribution in [0.15, 0.2) is 0 Å². The molecule has 0 saturated heterocycles. The molecular formula is C3H6Cl3O4P. The molecule has 68 valence electrons. The fourth-order valence-electron chi connectivity index (χ4n) is 0.207. The number of hydrogen-bond acceptors (Lipinski definition) is 3.